The van der Waals surface area contributed by atoms with E-state index in [1.165, 1.54) is 12.1 Å². The van der Waals surface area contributed by atoms with Gasteiger partial charge < -0.3 is 10.1 Å². The molecule has 10 heteroatoms. The monoisotopic (exact) mass is 439 g/mol. The first kappa shape index (κ1) is 21.8. The van der Waals surface area contributed by atoms with Crippen molar-refractivity contribution in [2.45, 2.75) is 32.8 Å². The number of carbonyl (C=O) groups excluding carboxylic acids is 1. The number of nitrogens with zero attached hydrogens (tertiary/aromatic N) is 2. The second-order valence-electron chi connectivity index (χ2n) is 7.69. The molecule has 2 aromatic carbocycles. The summed E-state index contributed by atoms with van der Waals surface area (Å²) in [5.41, 5.74) is -0.843. The molecule has 162 valence electrons. The summed E-state index contributed by atoms with van der Waals surface area (Å²) in [6.07, 6.45) is -0.345. The van der Waals surface area contributed by atoms with E-state index in [4.69, 9.17) is 4.74 Å². The van der Waals surface area contributed by atoms with Gasteiger partial charge in [0.15, 0.2) is 11.6 Å². The van der Waals surface area contributed by atoms with Crippen LogP contribution in [0.4, 0.5) is 30.6 Å². The number of para-hydroxylation sites is 3. The van der Waals surface area contributed by atoms with Crippen molar-refractivity contribution in [3.05, 3.63) is 54.1 Å². The van der Waals surface area contributed by atoms with E-state index < -0.39 is 39.2 Å². The topological polar surface area (TPSA) is 79.0 Å². The Morgan fingerprint density at radius 1 is 1.03 bits per heavy atom. The zero-order valence-corrected chi connectivity index (χ0v) is 17.7. The summed E-state index contributed by atoms with van der Waals surface area (Å²) >= 11 is 0. The minimum atomic E-state index is -4.27. The van der Waals surface area contributed by atoms with E-state index in [1.54, 1.807) is 39.0 Å². The molecule has 0 radical (unpaired) electrons. The third-order valence-electron chi connectivity index (χ3n) is 4.23. The molecule has 1 aliphatic rings. The standard InChI is InChI=1S/C20H23F2N3O4S/c1-20(2,3)29-19(26)23-12-7-13-24-16-10-4-5-11-17(16)25(30(24,27)28)18-14(21)8-6-9-15(18)22/h4-6,8-11H,7,12-13H2,1-3H3,(H,23,26). The number of alkyl carbamates (subject to hydrolysis) is 1. The van der Waals surface area contributed by atoms with Crippen molar-refractivity contribution >= 4 is 33.4 Å². The van der Waals surface area contributed by atoms with Crippen LogP contribution in [-0.2, 0) is 14.9 Å². The highest BCUT2D eigenvalue weighted by atomic mass is 32.2. The molecule has 0 unspecified atom stereocenters. The summed E-state index contributed by atoms with van der Waals surface area (Å²) in [5, 5.41) is 2.56. The van der Waals surface area contributed by atoms with Crippen LogP contribution in [0.1, 0.15) is 27.2 Å². The van der Waals surface area contributed by atoms with E-state index in [2.05, 4.69) is 5.32 Å². The van der Waals surface area contributed by atoms with Crippen molar-refractivity contribution in [2.75, 3.05) is 21.7 Å². The van der Waals surface area contributed by atoms with Crippen LogP contribution in [0.15, 0.2) is 42.5 Å². The fourth-order valence-corrected chi connectivity index (χ4v) is 4.84. The van der Waals surface area contributed by atoms with E-state index in [0.717, 1.165) is 16.4 Å². The molecule has 1 heterocycles. The third kappa shape index (κ3) is 4.33. The largest absolute Gasteiger partial charge is 0.444 e. The first-order valence-corrected chi connectivity index (χ1v) is 10.7. The lowest BCUT2D eigenvalue weighted by Crippen LogP contribution is -2.38. The predicted octanol–water partition coefficient (Wildman–Crippen LogP) is 4.08. The van der Waals surface area contributed by atoms with Gasteiger partial charge in [-0.3, -0.25) is 4.31 Å². The molecule has 7 nitrogen and oxygen atoms in total. The van der Waals surface area contributed by atoms with Crippen LogP contribution in [0.5, 0.6) is 0 Å². The second kappa shape index (κ2) is 8.10. The van der Waals surface area contributed by atoms with Crippen LogP contribution in [-0.4, -0.2) is 33.2 Å². The van der Waals surface area contributed by atoms with E-state index in [0.29, 0.717) is 9.99 Å². The van der Waals surface area contributed by atoms with E-state index >= 15 is 0 Å². The summed E-state index contributed by atoms with van der Waals surface area (Å²) < 4.78 is 62.0. The number of halogens is 2. The number of benzene rings is 2. The first-order chi connectivity index (χ1) is 14.0. The lowest BCUT2D eigenvalue weighted by Gasteiger charge is -2.23. The number of nitrogens with one attached hydrogen (secondary N) is 1. The Morgan fingerprint density at radius 3 is 2.23 bits per heavy atom. The molecule has 0 saturated heterocycles. The van der Waals surface area contributed by atoms with Gasteiger partial charge in [-0.25, -0.2) is 17.9 Å². The average Bonchev–Trinajstić information content (AvgIpc) is 2.84. The van der Waals surface area contributed by atoms with E-state index in [-0.39, 0.29) is 25.2 Å². The Hall–Kier alpha value is -2.88. The number of hydrogen-bond acceptors (Lipinski definition) is 4. The van der Waals surface area contributed by atoms with Gasteiger partial charge in [-0.15, -0.1) is 0 Å². The number of hydrogen-bond donors (Lipinski definition) is 1. The Bertz CT molecular complexity index is 1030. The minimum absolute atomic E-state index is 0.00170. The Kier molecular flexibility index (Phi) is 5.89. The number of ether oxygens (including phenoxy) is 1. The smallest absolute Gasteiger partial charge is 0.407 e. The molecular formula is C20H23F2N3O4S. The van der Waals surface area contributed by atoms with Gasteiger partial charge in [0, 0.05) is 13.1 Å². The highest BCUT2D eigenvalue weighted by Gasteiger charge is 2.43. The van der Waals surface area contributed by atoms with Gasteiger partial charge in [0.05, 0.1) is 11.4 Å². The molecule has 1 amide bonds. The molecule has 0 bridgehead atoms. The second-order valence-corrected chi connectivity index (χ2v) is 9.39. The Labute approximate surface area is 174 Å². The zero-order chi connectivity index (χ0) is 22.1. The van der Waals surface area contributed by atoms with Crippen molar-refractivity contribution in [1.29, 1.82) is 0 Å². The molecule has 2 aromatic rings. The maximum absolute atomic E-state index is 14.4. The number of anilines is 3. The molecule has 0 atom stereocenters. The van der Waals surface area contributed by atoms with Crippen molar-refractivity contribution in [1.82, 2.24) is 5.32 Å². The molecule has 0 aromatic heterocycles. The average molecular weight is 439 g/mol. The van der Waals surface area contributed by atoms with Crippen LogP contribution < -0.4 is 13.9 Å². The molecule has 3 rings (SSSR count). The molecule has 1 aliphatic heterocycles. The van der Waals surface area contributed by atoms with E-state index in [1.807, 2.05) is 0 Å². The van der Waals surface area contributed by atoms with Crippen molar-refractivity contribution in [2.24, 2.45) is 0 Å². The van der Waals surface area contributed by atoms with Crippen molar-refractivity contribution in [3.63, 3.8) is 0 Å². The van der Waals surface area contributed by atoms with Crippen LogP contribution in [0.3, 0.4) is 0 Å². The molecule has 0 spiro atoms. The number of fused-ring (bicyclic) bond motifs is 1. The predicted molar refractivity (Wildman–Crippen MR) is 110 cm³/mol. The molecule has 0 saturated carbocycles. The lowest BCUT2D eigenvalue weighted by atomic mass is 10.2. The van der Waals surface area contributed by atoms with Gasteiger partial charge in [0.25, 0.3) is 0 Å². The molecular weight excluding hydrogens is 416 g/mol. The summed E-state index contributed by atoms with van der Waals surface area (Å²) in [6, 6.07) is 9.45. The van der Waals surface area contributed by atoms with Crippen LogP contribution in [0, 0.1) is 11.6 Å². The van der Waals surface area contributed by atoms with E-state index in [9.17, 15) is 22.0 Å². The Balaban J connectivity index is 1.81. The summed E-state index contributed by atoms with van der Waals surface area (Å²) in [6.45, 7) is 5.36. The summed E-state index contributed by atoms with van der Waals surface area (Å²) in [5.74, 6) is -1.97. The van der Waals surface area contributed by atoms with Crippen LogP contribution in [0.2, 0.25) is 0 Å². The maximum atomic E-state index is 14.4. The maximum Gasteiger partial charge on any atom is 0.407 e. The number of carbonyl (C=O) groups is 1. The fraction of sp³-hybridized carbons (Fsp3) is 0.350. The first-order valence-electron chi connectivity index (χ1n) is 9.35. The van der Waals surface area contributed by atoms with Gasteiger partial charge in [-0.2, -0.15) is 8.42 Å². The third-order valence-corrected chi connectivity index (χ3v) is 6.00. The van der Waals surface area contributed by atoms with Gasteiger partial charge in [0.2, 0.25) is 0 Å². The minimum Gasteiger partial charge on any atom is -0.444 e. The lowest BCUT2D eigenvalue weighted by molar-refractivity contribution is 0.0527. The quantitative estimate of drug-likeness (QED) is 0.712. The normalized spacial score (nSPS) is 15.1. The molecule has 1 N–H and O–H groups in total. The SMILES string of the molecule is CC(C)(C)OC(=O)NCCCN1c2ccccc2N(c2c(F)cccc2F)S1(=O)=O. The molecule has 0 aliphatic carbocycles. The van der Waals surface area contributed by atoms with Gasteiger partial charge in [-0.05, 0) is 51.5 Å². The highest BCUT2D eigenvalue weighted by Crippen LogP contribution is 2.46. The van der Waals surface area contributed by atoms with Gasteiger partial charge >= 0.3 is 16.3 Å². The highest BCUT2D eigenvalue weighted by molar-refractivity contribution is 7.95. The van der Waals surface area contributed by atoms with Gasteiger partial charge in [0.1, 0.15) is 11.3 Å². The van der Waals surface area contributed by atoms with Crippen molar-refractivity contribution in [3.8, 4) is 0 Å². The van der Waals surface area contributed by atoms with Crippen LogP contribution in [0.25, 0.3) is 0 Å². The Morgan fingerprint density at radius 2 is 1.63 bits per heavy atom. The molecule has 30 heavy (non-hydrogen) atoms. The number of amides is 1. The summed E-state index contributed by atoms with van der Waals surface area (Å²) in [4.78, 5) is 11.7. The summed E-state index contributed by atoms with van der Waals surface area (Å²) in [7, 11) is -4.27. The fourth-order valence-electron chi connectivity index (χ4n) is 3.08. The molecule has 0 fully saturated rings. The number of rotatable bonds is 5. The van der Waals surface area contributed by atoms with Gasteiger partial charge in [-0.1, -0.05) is 18.2 Å². The van der Waals surface area contributed by atoms with Crippen molar-refractivity contribution < 1.29 is 26.7 Å². The zero-order valence-electron chi connectivity index (χ0n) is 16.9. The van der Waals surface area contributed by atoms with Crippen LogP contribution >= 0.6 is 0 Å².